The summed E-state index contributed by atoms with van der Waals surface area (Å²) < 4.78 is 33.8. The van der Waals surface area contributed by atoms with Crippen LogP contribution in [0.25, 0.3) is 0 Å². The van der Waals surface area contributed by atoms with Gasteiger partial charge in [0.1, 0.15) is 0 Å². The molecule has 2 aromatic carbocycles. The van der Waals surface area contributed by atoms with Crippen molar-refractivity contribution in [1.82, 2.24) is 0 Å². The first-order chi connectivity index (χ1) is 15.2. The number of nitrogens with zero attached hydrogens (tertiary/aromatic N) is 2. The van der Waals surface area contributed by atoms with Gasteiger partial charge in [0.15, 0.2) is 0 Å². The van der Waals surface area contributed by atoms with Crippen molar-refractivity contribution in [3.05, 3.63) is 48.0 Å². The van der Waals surface area contributed by atoms with Gasteiger partial charge in [0.05, 0.1) is 29.7 Å². The molecule has 0 spiro atoms. The highest BCUT2D eigenvalue weighted by Gasteiger charge is 2.35. The van der Waals surface area contributed by atoms with E-state index >= 15 is 0 Å². The monoisotopic (exact) mass is 459 g/mol. The van der Waals surface area contributed by atoms with Crippen LogP contribution in [0.5, 0.6) is 0 Å². The Kier molecular flexibility index (Phi) is 6.07. The quantitative estimate of drug-likeness (QED) is 0.679. The van der Waals surface area contributed by atoms with Crippen LogP contribution in [-0.4, -0.2) is 58.2 Å². The molecular weight excluding hydrogens is 434 g/mol. The summed E-state index contributed by atoms with van der Waals surface area (Å²) in [5, 5.41) is 9.13. The molecule has 2 fully saturated rings. The lowest BCUT2D eigenvalue weighted by molar-refractivity contribution is -0.141. The van der Waals surface area contributed by atoms with Crippen molar-refractivity contribution in [3.8, 4) is 0 Å². The third-order valence-corrected chi connectivity index (χ3v) is 7.14. The Morgan fingerprint density at radius 2 is 1.75 bits per heavy atom. The van der Waals surface area contributed by atoms with E-state index in [0.29, 0.717) is 24.6 Å². The molecule has 2 aliphatic rings. The molecule has 2 saturated heterocycles. The van der Waals surface area contributed by atoms with Crippen molar-refractivity contribution in [2.75, 3.05) is 47.4 Å². The number of morpholine rings is 1. The molecule has 1 amide bonds. The van der Waals surface area contributed by atoms with E-state index in [1.807, 2.05) is 19.1 Å². The smallest absolute Gasteiger partial charge is 0.308 e. The van der Waals surface area contributed by atoms with E-state index in [1.165, 1.54) is 29.2 Å². The number of carbonyl (C=O) groups excluding carboxylic acids is 1. The SMILES string of the molecule is Cc1cc(N2CCOCC2)ccc1NS(=O)(=O)c1ccc(N2CC(C(=O)O)CC2=O)cc1. The Morgan fingerprint density at radius 1 is 1.09 bits per heavy atom. The third kappa shape index (κ3) is 4.56. The number of rotatable bonds is 6. The Labute approximate surface area is 186 Å². The van der Waals surface area contributed by atoms with Crippen LogP contribution in [0.3, 0.4) is 0 Å². The van der Waals surface area contributed by atoms with Gasteiger partial charge in [-0.15, -0.1) is 0 Å². The molecule has 0 radical (unpaired) electrons. The molecule has 2 heterocycles. The molecule has 0 aromatic heterocycles. The number of sulfonamides is 1. The lowest BCUT2D eigenvalue weighted by atomic mass is 10.1. The second-order valence-corrected chi connectivity index (χ2v) is 9.62. The summed E-state index contributed by atoms with van der Waals surface area (Å²) in [5.74, 6) is -2.06. The zero-order valence-corrected chi connectivity index (χ0v) is 18.5. The van der Waals surface area contributed by atoms with Gasteiger partial charge in [-0.2, -0.15) is 0 Å². The molecule has 4 rings (SSSR count). The Bertz CT molecular complexity index is 1130. The lowest BCUT2D eigenvalue weighted by Crippen LogP contribution is -2.36. The molecule has 2 aromatic rings. The first-order valence-corrected chi connectivity index (χ1v) is 11.8. The largest absolute Gasteiger partial charge is 0.481 e. The fourth-order valence-electron chi connectivity index (χ4n) is 3.91. The fourth-order valence-corrected chi connectivity index (χ4v) is 5.04. The summed E-state index contributed by atoms with van der Waals surface area (Å²) in [6, 6.07) is 11.4. The van der Waals surface area contributed by atoms with Crippen molar-refractivity contribution in [3.63, 3.8) is 0 Å². The number of carboxylic acids is 1. The zero-order chi connectivity index (χ0) is 22.9. The summed E-state index contributed by atoms with van der Waals surface area (Å²) in [7, 11) is -3.83. The summed E-state index contributed by atoms with van der Waals surface area (Å²) in [6.45, 7) is 4.86. The van der Waals surface area contributed by atoms with Crippen LogP contribution in [0.1, 0.15) is 12.0 Å². The van der Waals surface area contributed by atoms with Crippen molar-refractivity contribution in [2.24, 2.45) is 5.92 Å². The topological polar surface area (TPSA) is 116 Å². The number of amides is 1. The van der Waals surface area contributed by atoms with Gasteiger partial charge < -0.3 is 19.6 Å². The van der Waals surface area contributed by atoms with Gasteiger partial charge >= 0.3 is 5.97 Å². The van der Waals surface area contributed by atoms with Crippen molar-refractivity contribution in [2.45, 2.75) is 18.2 Å². The molecule has 10 heteroatoms. The number of nitrogens with one attached hydrogen (secondary N) is 1. The van der Waals surface area contributed by atoms with Crippen LogP contribution >= 0.6 is 0 Å². The van der Waals surface area contributed by atoms with Crippen LogP contribution in [0.4, 0.5) is 17.1 Å². The minimum Gasteiger partial charge on any atom is -0.481 e. The van der Waals surface area contributed by atoms with E-state index in [2.05, 4.69) is 9.62 Å². The van der Waals surface area contributed by atoms with Crippen LogP contribution in [0.2, 0.25) is 0 Å². The number of aliphatic carboxylic acids is 1. The highest BCUT2D eigenvalue weighted by atomic mass is 32.2. The third-order valence-electron chi connectivity index (χ3n) is 5.76. The summed E-state index contributed by atoms with van der Waals surface area (Å²) in [4.78, 5) is 26.9. The minimum absolute atomic E-state index is 0.0549. The second-order valence-electron chi connectivity index (χ2n) is 7.94. The normalized spacial score (nSPS) is 19.3. The van der Waals surface area contributed by atoms with Crippen molar-refractivity contribution < 1.29 is 27.9 Å². The lowest BCUT2D eigenvalue weighted by Gasteiger charge is -2.29. The average Bonchev–Trinajstić information content (AvgIpc) is 3.18. The number of ether oxygens (including phenoxy) is 1. The van der Waals surface area contributed by atoms with E-state index in [4.69, 9.17) is 9.84 Å². The van der Waals surface area contributed by atoms with Gasteiger partial charge in [-0.25, -0.2) is 8.42 Å². The van der Waals surface area contributed by atoms with Gasteiger partial charge in [-0.05, 0) is 55.0 Å². The first kappa shape index (κ1) is 22.1. The maximum atomic E-state index is 12.9. The van der Waals surface area contributed by atoms with Crippen molar-refractivity contribution >= 4 is 39.0 Å². The average molecular weight is 460 g/mol. The van der Waals surface area contributed by atoms with Crippen LogP contribution < -0.4 is 14.5 Å². The van der Waals surface area contributed by atoms with Gasteiger partial charge in [0.2, 0.25) is 5.91 Å². The van der Waals surface area contributed by atoms with Crippen LogP contribution in [0.15, 0.2) is 47.4 Å². The van der Waals surface area contributed by atoms with E-state index in [-0.39, 0.29) is 23.8 Å². The highest BCUT2D eigenvalue weighted by molar-refractivity contribution is 7.92. The number of hydrogen-bond acceptors (Lipinski definition) is 6. The number of hydrogen-bond donors (Lipinski definition) is 2. The molecular formula is C22H25N3O6S. The molecule has 0 bridgehead atoms. The number of carbonyl (C=O) groups is 2. The Balaban J connectivity index is 1.48. The number of anilines is 3. The number of aryl methyl sites for hydroxylation is 1. The molecule has 0 aliphatic carbocycles. The summed E-state index contributed by atoms with van der Waals surface area (Å²) >= 11 is 0. The Morgan fingerprint density at radius 3 is 2.34 bits per heavy atom. The molecule has 1 unspecified atom stereocenters. The van der Waals surface area contributed by atoms with E-state index in [1.54, 1.807) is 6.07 Å². The number of carboxylic acid groups (broad SMARTS) is 1. The van der Waals surface area contributed by atoms with E-state index in [9.17, 15) is 18.0 Å². The summed E-state index contributed by atoms with van der Waals surface area (Å²) in [5.41, 5.74) is 2.79. The molecule has 170 valence electrons. The predicted molar refractivity (Wildman–Crippen MR) is 120 cm³/mol. The van der Waals surface area contributed by atoms with Crippen molar-refractivity contribution in [1.29, 1.82) is 0 Å². The Hall–Kier alpha value is -3.11. The van der Waals surface area contributed by atoms with Gasteiger partial charge in [-0.1, -0.05) is 0 Å². The highest BCUT2D eigenvalue weighted by Crippen LogP contribution is 2.28. The maximum Gasteiger partial charge on any atom is 0.308 e. The predicted octanol–water partition coefficient (Wildman–Crippen LogP) is 2.07. The fraction of sp³-hybridized carbons (Fsp3) is 0.364. The minimum atomic E-state index is -3.83. The van der Waals surface area contributed by atoms with E-state index in [0.717, 1.165) is 24.3 Å². The zero-order valence-electron chi connectivity index (χ0n) is 17.7. The number of benzene rings is 2. The summed E-state index contributed by atoms with van der Waals surface area (Å²) in [6.07, 6.45) is -0.0589. The molecule has 0 saturated carbocycles. The first-order valence-electron chi connectivity index (χ1n) is 10.3. The molecule has 9 nitrogen and oxygen atoms in total. The standard InChI is InChI=1S/C22H25N3O6S/c1-15-12-18(24-8-10-31-11-9-24)4-7-20(15)23-32(29,30)19-5-2-17(3-6-19)25-14-16(22(27)28)13-21(25)26/h2-7,12,16,23H,8-11,13-14H2,1H3,(H,27,28). The van der Waals surface area contributed by atoms with Gasteiger partial charge in [0, 0.05) is 37.4 Å². The van der Waals surface area contributed by atoms with E-state index < -0.39 is 21.9 Å². The van der Waals surface area contributed by atoms with Crippen LogP contribution in [-0.2, 0) is 24.3 Å². The van der Waals surface area contributed by atoms with Crippen LogP contribution in [0, 0.1) is 12.8 Å². The molecule has 2 N–H and O–H groups in total. The molecule has 1 atom stereocenters. The molecule has 32 heavy (non-hydrogen) atoms. The maximum absolute atomic E-state index is 12.9. The molecule has 2 aliphatic heterocycles. The van der Waals surface area contributed by atoms with Gasteiger partial charge in [0.25, 0.3) is 10.0 Å². The second kappa shape index (κ2) is 8.79. The van der Waals surface area contributed by atoms with Gasteiger partial charge in [-0.3, -0.25) is 14.3 Å².